The van der Waals surface area contributed by atoms with E-state index in [-0.39, 0.29) is 133 Å². The molecule has 35 nitrogen and oxygen atoms in total. The molecule has 0 aliphatic carbocycles. The summed E-state index contributed by atoms with van der Waals surface area (Å²) in [5.41, 5.74) is 9.72. The van der Waals surface area contributed by atoms with Gasteiger partial charge in [-0.1, -0.05) is 89.4 Å². The zero-order valence-electron chi connectivity index (χ0n) is 66.4. The Morgan fingerprint density at radius 2 is 0.732 bits per heavy atom. The molecule has 0 atom stereocenters. The van der Waals surface area contributed by atoms with Crippen LogP contribution in [0.15, 0.2) is 217 Å². The first-order valence-corrected chi connectivity index (χ1v) is 39.1. The maximum absolute atomic E-state index is 13.0. The number of aromatic hydroxyl groups is 1. The lowest BCUT2D eigenvalue weighted by Gasteiger charge is -2.15. The molecule has 13 N–H and O–H groups in total. The Morgan fingerprint density at radius 1 is 0.415 bits per heavy atom. The molecule has 0 fully saturated rings. The molecule has 0 aromatic heterocycles. The number of ether oxygens (including phenoxy) is 3. The Bertz CT molecular complexity index is 5550. The van der Waals surface area contributed by atoms with Gasteiger partial charge in [0.05, 0.1) is 56.7 Å². The van der Waals surface area contributed by atoms with Crippen LogP contribution < -0.4 is 45.9 Å². The molecule has 10 aromatic carbocycles. The number of aliphatic hydroxyl groups excluding tert-OH is 1. The summed E-state index contributed by atoms with van der Waals surface area (Å²) in [6, 6.07) is 52.8. The lowest BCUT2D eigenvalue weighted by Crippen LogP contribution is -2.23. The quantitative estimate of drug-likeness (QED) is 0.00896. The molecule has 0 saturated heterocycles. The number of halogens is 3. The number of carboxylic acid groups (broad SMARTS) is 4. The van der Waals surface area contributed by atoms with Gasteiger partial charge in [-0.2, -0.15) is 0 Å². The Labute approximate surface area is 718 Å². The molecule has 123 heavy (non-hydrogen) atoms. The monoisotopic (exact) mass is 1770 g/mol. The van der Waals surface area contributed by atoms with Crippen molar-refractivity contribution in [2.75, 3.05) is 43.2 Å². The number of rotatable bonds is 29. The van der Waals surface area contributed by atoms with Crippen molar-refractivity contribution in [2.45, 2.75) is 72.1 Å². The first-order chi connectivity index (χ1) is 58.2. The van der Waals surface area contributed by atoms with Gasteiger partial charge < -0.3 is 71.9 Å². The van der Waals surface area contributed by atoms with E-state index in [9.17, 15) is 81.9 Å². The number of nitro benzene ring substituents is 3. The summed E-state index contributed by atoms with van der Waals surface area (Å²) in [6.45, 7) is 12.7. The third kappa shape index (κ3) is 35.5. The molecular formula is C84H84Cl3N9O26S. The molecule has 0 spiro atoms. The van der Waals surface area contributed by atoms with Crippen LogP contribution in [0.4, 0.5) is 28.4 Å². The van der Waals surface area contributed by atoms with Crippen molar-refractivity contribution in [3.63, 3.8) is 0 Å². The summed E-state index contributed by atoms with van der Waals surface area (Å²) in [5, 5.41) is 93.4. The second-order valence-corrected chi connectivity index (χ2v) is 27.7. The molecular weight excluding hydrogens is 1690 g/mol. The Kier molecular flexibility index (Phi) is 41.8. The van der Waals surface area contributed by atoms with Gasteiger partial charge in [-0.3, -0.25) is 78.2 Å². The highest BCUT2D eigenvalue weighted by Gasteiger charge is 2.23. The van der Waals surface area contributed by atoms with E-state index in [1.54, 1.807) is 137 Å². The van der Waals surface area contributed by atoms with Crippen molar-refractivity contribution in [3.8, 4) is 40.2 Å². The summed E-state index contributed by atoms with van der Waals surface area (Å²) in [6.07, 6.45) is -0.493. The maximum Gasteiger partial charge on any atom is 0.312 e. The van der Waals surface area contributed by atoms with Gasteiger partial charge in [-0.15, -0.1) is 0 Å². The number of sulfonamides is 1. The average molecular weight is 1770 g/mol. The van der Waals surface area contributed by atoms with Crippen molar-refractivity contribution in [3.05, 3.63) is 308 Å². The SMILES string of the molecule is CCNC(=O)c1ccc(Cl)c([N+](=O)[O-])c1.CCNC(=O)c1ccc(Oc2cccc(CC(=O)O)c2)c(N)c1.CCNC(=O)c1ccc(Oc2cccc(CC(=O)O)c2)c(NS(=O)(=O)c2ccc(C)cc2)c1.CCNC(=O)c1ccc(Oc2cccc(CC(=O)O)c2)c([N+](=O)[O-])c1.CCO.O=C(Cl)c1ccc(Cl)c([N+](=O)[O-])c1.O=C(O)Cc1cccc(O)c1. The van der Waals surface area contributed by atoms with E-state index in [1.165, 1.54) is 84.9 Å². The smallest absolute Gasteiger partial charge is 0.312 e. The van der Waals surface area contributed by atoms with E-state index in [1.807, 2.05) is 13.8 Å². The average Bonchev–Trinajstić information content (AvgIpc) is 0.803. The molecule has 648 valence electrons. The topological polar surface area (TPSA) is 552 Å². The Balaban J connectivity index is 0.000000319. The van der Waals surface area contributed by atoms with Crippen LogP contribution in [0.25, 0.3) is 0 Å². The van der Waals surface area contributed by atoms with Crippen LogP contribution in [-0.4, -0.2) is 139 Å². The van der Waals surface area contributed by atoms with Crippen LogP contribution in [0.3, 0.4) is 0 Å². The van der Waals surface area contributed by atoms with Gasteiger partial charge in [0.15, 0.2) is 5.75 Å². The molecule has 0 aliphatic heterocycles. The fraction of sp³-hybridized carbons (Fsp3) is 0.179. The van der Waals surface area contributed by atoms with Crippen LogP contribution in [-0.2, 0) is 54.9 Å². The highest BCUT2D eigenvalue weighted by molar-refractivity contribution is 7.92. The number of benzene rings is 10. The number of aliphatic carboxylic acids is 4. The summed E-state index contributed by atoms with van der Waals surface area (Å²) in [5.74, 6) is -3.38. The Hall–Kier alpha value is -14.6. The van der Waals surface area contributed by atoms with Gasteiger partial charge >= 0.3 is 29.6 Å². The number of aliphatic hydroxyl groups is 1. The van der Waals surface area contributed by atoms with E-state index >= 15 is 0 Å². The van der Waals surface area contributed by atoms with Gasteiger partial charge in [0.25, 0.3) is 50.3 Å². The second-order valence-electron chi connectivity index (χ2n) is 24.9. The Morgan fingerprint density at radius 3 is 1.10 bits per heavy atom. The molecule has 39 heteroatoms. The number of aryl methyl sites for hydroxylation is 1. The third-order valence-electron chi connectivity index (χ3n) is 15.3. The molecule has 0 bridgehead atoms. The van der Waals surface area contributed by atoms with Crippen molar-refractivity contribution in [2.24, 2.45) is 0 Å². The number of nitro groups is 3. The number of carbonyl (C=O) groups is 9. The fourth-order valence-electron chi connectivity index (χ4n) is 9.95. The van der Waals surface area contributed by atoms with Gasteiger partial charge in [0.1, 0.15) is 38.8 Å². The van der Waals surface area contributed by atoms with Gasteiger partial charge in [0, 0.05) is 78.8 Å². The normalized spacial score (nSPS) is 10.1. The van der Waals surface area contributed by atoms with Gasteiger partial charge in [-0.05, 0) is 209 Å². The number of carbonyl (C=O) groups excluding carboxylic acids is 5. The van der Waals surface area contributed by atoms with Crippen LogP contribution in [0, 0.1) is 37.3 Å². The van der Waals surface area contributed by atoms with Crippen LogP contribution >= 0.6 is 34.8 Å². The first kappa shape index (κ1) is 101. The number of hydrogen-bond donors (Lipinski definition) is 12. The van der Waals surface area contributed by atoms with E-state index in [4.69, 9.17) is 85.4 Å². The summed E-state index contributed by atoms with van der Waals surface area (Å²) in [4.78, 5) is 131. The zero-order valence-corrected chi connectivity index (χ0v) is 69.5. The number of anilines is 2. The number of phenolic OH excluding ortho intramolecular Hbond substituents is 1. The van der Waals surface area contributed by atoms with Crippen molar-refractivity contribution < 1.29 is 111 Å². The van der Waals surface area contributed by atoms with Gasteiger partial charge in [0.2, 0.25) is 5.75 Å². The molecule has 0 saturated carbocycles. The number of nitrogen functional groups attached to an aromatic ring is 1. The van der Waals surface area contributed by atoms with E-state index in [0.717, 1.165) is 23.8 Å². The third-order valence-corrected chi connectivity index (χ3v) is 17.6. The summed E-state index contributed by atoms with van der Waals surface area (Å²) < 4.78 is 45.5. The van der Waals surface area contributed by atoms with Crippen LogP contribution in [0.5, 0.6) is 40.2 Å². The summed E-state index contributed by atoms with van der Waals surface area (Å²) in [7, 11) is -3.96. The summed E-state index contributed by atoms with van der Waals surface area (Å²) >= 11 is 16.2. The minimum absolute atomic E-state index is 0.0213. The molecule has 4 amide bonds. The predicted octanol–water partition coefficient (Wildman–Crippen LogP) is 14.8. The number of hydrogen-bond acceptors (Lipinski definition) is 23. The lowest BCUT2D eigenvalue weighted by atomic mass is 10.1. The standard InChI is InChI=1S/C24H24N2O6S.C17H16N2O6.C17H18N2O4.C9H9ClN2O3.C8H8O3.C7H3Cl2NO3.C2H6O/c1-3-25-24(29)18-9-12-22(32-19-6-4-5-17(13-19)14-23(27)28)21(15-18)26-33(30,31)20-10-7-16(2)8-11-20;1-2-18-17(22)12-6-7-15(14(10-12)19(23)24)25-13-5-3-4-11(8-13)9-16(20)21;1-2-19-17(22)12-6-7-15(14(18)10-12)23-13-5-3-4-11(8-13)9-16(20)21;1-2-11-9(13)6-3-4-7(10)8(5-6)12(14)15;9-7-3-1-2-6(4-7)5-8(10)11;8-5-2-1-4(7(9)11)3-6(5)10(12)13;1-2-3/h4-13,15,26H,3,14H2,1-2H3,(H,25,29)(H,27,28);3-8,10H,2,9H2,1H3,(H,18,22)(H,20,21);3-8,10H,2,9,18H2,1H3,(H,19,22)(H,20,21);3-5H,2H2,1H3,(H,11,13);1-4,9H,5H2,(H,10,11);1-3H;3H,2H2,1H3. The minimum atomic E-state index is -3.96. The molecule has 0 unspecified atom stereocenters. The number of phenols is 1. The molecule has 0 aliphatic rings. The first-order valence-electron chi connectivity index (χ1n) is 36.4. The van der Waals surface area contributed by atoms with E-state index in [2.05, 4.69) is 26.0 Å². The predicted molar refractivity (Wildman–Crippen MR) is 457 cm³/mol. The molecule has 0 heterocycles. The molecule has 10 rings (SSSR count). The molecule has 10 aromatic rings. The van der Waals surface area contributed by atoms with Crippen molar-refractivity contribution in [1.29, 1.82) is 0 Å². The minimum Gasteiger partial charge on any atom is -0.508 e. The van der Waals surface area contributed by atoms with Crippen LogP contribution in [0.1, 0.15) is 114 Å². The number of nitrogens with one attached hydrogen (secondary N) is 5. The zero-order chi connectivity index (χ0) is 91.6. The molecule has 0 radical (unpaired) electrons. The second kappa shape index (κ2) is 51.0. The highest BCUT2D eigenvalue weighted by Crippen LogP contribution is 2.36. The highest BCUT2D eigenvalue weighted by atomic mass is 35.5. The fourth-order valence-corrected chi connectivity index (χ4v) is 11.5. The lowest BCUT2D eigenvalue weighted by molar-refractivity contribution is -0.385. The van der Waals surface area contributed by atoms with Crippen molar-refractivity contribution in [1.82, 2.24) is 21.3 Å². The van der Waals surface area contributed by atoms with Crippen LogP contribution in [0.2, 0.25) is 10.0 Å². The maximum atomic E-state index is 13.0. The van der Waals surface area contributed by atoms with Gasteiger partial charge in [-0.25, -0.2) is 8.42 Å². The number of nitrogens with zero attached hydrogens (tertiary/aromatic N) is 3. The number of amides is 4. The number of nitrogens with two attached hydrogens (primary N) is 1. The number of carboxylic acids is 4. The van der Waals surface area contributed by atoms with E-state index < -0.39 is 59.8 Å². The largest absolute Gasteiger partial charge is 0.508 e. The van der Waals surface area contributed by atoms with Crippen molar-refractivity contribution >= 4 is 126 Å². The van der Waals surface area contributed by atoms with E-state index in [0.29, 0.717) is 76.9 Å².